The van der Waals surface area contributed by atoms with E-state index in [1.54, 1.807) is 0 Å². The van der Waals surface area contributed by atoms with Gasteiger partial charge in [-0.3, -0.25) is 4.79 Å². The van der Waals surface area contributed by atoms with Crippen molar-refractivity contribution in [3.63, 3.8) is 0 Å². The summed E-state index contributed by atoms with van der Waals surface area (Å²) in [6, 6.07) is 21.1. The molecule has 3 heteroatoms. The lowest BCUT2D eigenvalue weighted by molar-refractivity contribution is -0.139. The van der Waals surface area contributed by atoms with Crippen molar-refractivity contribution in [2.24, 2.45) is 5.41 Å². The fraction of sp³-hybridized carbons (Fsp3) is 0.480. The van der Waals surface area contributed by atoms with Crippen LogP contribution in [0.3, 0.4) is 0 Å². The molecule has 28 heavy (non-hydrogen) atoms. The number of amides is 1. The molecular weight excluding hydrogens is 344 g/mol. The molecular formula is C25H32N2O. The number of benzene rings is 2. The zero-order chi connectivity index (χ0) is 19.6. The van der Waals surface area contributed by atoms with E-state index in [2.05, 4.69) is 66.5 Å². The van der Waals surface area contributed by atoms with Crippen molar-refractivity contribution < 1.29 is 4.79 Å². The van der Waals surface area contributed by atoms with E-state index < -0.39 is 5.41 Å². The number of likely N-dealkylation sites (tertiary alicyclic amines) is 1. The van der Waals surface area contributed by atoms with E-state index in [1.165, 1.54) is 12.0 Å². The first-order valence-corrected chi connectivity index (χ1v) is 10.6. The van der Waals surface area contributed by atoms with Crippen LogP contribution in [-0.2, 0) is 10.2 Å². The minimum atomic E-state index is -0.473. The smallest absolute Gasteiger partial charge is 0.232 e. The molecule has 0 bridgehead atoms. The summed E-state index contributed by atoms with van der Waals surface area (Å²) in [5.74, 6) is 0.806. The molecule has 3 nitrogen and oxygen atoms in total. The van der Waals surface area contributed by atoms with Crippen molar-refractivity contribution in [3.05, 3.63) is 71.8 Å². The molecule has 1 unspecified atom stereocenters. The van der Waals surface area contributed by atoms with Gasteiger partial charge >= 0.3 is 0 Å². The SMILES string of the molecule is CC(C)(C(=O)N1CCC2(CCNCC2c2ccccc2)CC1)c1ccccc1. The minimum Gasteiger partial charge on any atom is -0.342 e. The first kappa shape index (κ1) is 19.2. The van der Waals surface area contributed by atoms with Crippen molar-refractivity contribution in [2.75, 3.05) is 26.2 Å². The van der Waals surface area contributed by atoms with Crippen LogP contribution in [0, 0.1) is 5.41 Å². The Morgan fingerprint density at radius 2 is 1.57 bits per heavy atom. The van der Waals surface area contributed by atoms with Crippen LogP contribution in [0.2, 0.25) is 0 Å². The average Bonchev–Trinajstić information content (AvgIpc) is 2.75. The van der Waals surface area contributed by atoms with E-state index in [-0.39, 0.29) is 5.91 Å². The second-order valence-electron chi connectivity index (χ2n) is 9.06. The van der Waals surface area contributed by atoms with Crippen LogP contribution in [0.4, 0.5) is 0 Å². The second kappa shape index (κ2) is 7.71. The summed E-state index contributed by atoms with van der Waals surface area (Å²) in [5.41, 5.74) is 2.39. The lowest BCUT2D eigenvalue weighted by Gasteiger charge is -2.50. The summed E-state index contributed by atoms with van der Waals surface area (Å²) >= 11 is 0. The maximum absolute atomic E-state index is 13.4. The molecule has 4 rings (SSSR count). The number of carbonyl (C=O) groups excluding carboxylic acids is 1. The van der Waals surface area contributed by atoms with E-state index in [9.17, 15) is 4.79 Å². The molecule has 0 aliphatic carbocycles. The van der Waals surface area contributed by atoms with Gasteiger partial charge in [-0.2, -0.15) is 0 Å². The van der Waals surface area contributed by atoms with Crippen LogP contribution >= 0.6 is 0 Å². The molecule has 2 aliphatic rings. The minimum absolute atomic E-state index is 0.263. The molecule has 0 saturated carbocycles. The first-order chi connectivity index (χ1) is 13.5. The van der Waals surface area contributed by atoms with Crippen molar-refractivity contribution in [3.8, 4) is 0 Å². The molecule has 2 fully saturated rings. The fourth-order valence-corrected chi connectivity index (χ4v) is 5.26. The summed E-state index contributed by atoms with van der Waals surface area (Å²) in [7, 11) is 0. The van der Waals surface area contributed by atoms with Crippen LogP contribution < -0.4 is 5.32 Å². The van der Waals surface area contributed by atoms with Crippen LogP contribution in [0.25, 0.3) is 0 Å². The zero-order valence-electron chi connectivity index (χ0n) is 17.2. The number of carbonyl (C=O) groups is 1. The predicted molar refractivity (Wildman–Crippen MR) is 114 cm³/mol. The van der Waals surface area contributed by atoms with Gasteiger partial charge in [0.1, 0.15) is 0 Å². The fourth-order valence-electron chi connectivity index (χ4n) is 5.26. The van der Waals surface area contributed by atoms with Gasteiger partial charge in [0, 0.05) is 25.6 Å². The van der Waals surface area contributed by atoms with Crippen molar-refractivity contribution in [2.45, 2.75) is 44.4 Å². The number of rotatable bonds is 3. The summed E-state index contributed by atoms with van der Waals surface area (Å²) in [6.07, 6.45) is 3.41. The topological polar surface area (TPSA) is 32.3 Å². The standard InChI is InChI=1S/C25H32N2O/c1-24(2,21-11-7-4-8-12-21)23(28)27-17-14-25(15-18-27)13-16-26-19-22(25)20-9-5-3-6-10-20/h3-12,22,26H,13-19H2,1-2H3. The van der Waals surface area contributed by atoms with E-state index in [1.807, 2.05) is 18.2 Å². The third-order valence-electron chi connectivity index (χ3n) is 7.17. The Morgan fingerprint density at radius 3 is 2.21 bits per heavy atom. The van der Waals surface area contributed by atoms with Gasteiger partial charge in [0.05, 0.1) is 5.41 Å². The summed E-state index contributed by atoms with van der Waals surface area (Å²) in [4.78, 5) is 15.5. The Morgan fingerprint density at radius 1 is 0.964 bits per heavy atom. The third-order valence-corrected chi connectivity index (χ3v) is 7.17. The van der Waals surface area contributed by atoms with Crippen LogP contribution in [0.15, 0.2) is 60.7 Å². The van der Waals surface area contributed by atoms with Crippen LogP contribution in [0.5, 0.6) is 0 Å². The highest BCUT2D eigenvalue weighted by molar-refractivity contribution is 5.87. The van der Waals surface area contributed by atoms with E-state index in [0.29, 0.717) is 11.3 Å². The maximum Gasteiger partial charge on any atom is 0.232 e. The van der Waals surface area contributed by atoms with Gasteiger partial charge in [-0.05, 0) is 56.2 Å². The molecule has 2 saturated heterocycles. The predicted octanol–water partition coefficient (Wildman–Crippen LogP) is 4.35. The maximum atomic E-state index is 13.4. The Labute approximate surface area is 169 Å². The third kappa shape index (κ3) is 3.48. The zero-order valence-corrected chi connectivity index (χ0v) is 17.2. The number of hydrogen-bond acceptors (Lipinski definition) is 2. The van der Waals surface area contributed by atoms with Crippen molar-refractivity contribution in [1.29, 1.82) is 0 Å². The molecule has 1 amide bonds. The Bertz CT molecular complexity index is 792. The summed E-state index contributed by atoms with van der Waals surface area (Å²) < 4.78 is 0. The van der Waals surface area contributed by atoms with Gasteiger partial charge < -0.3 is 10.2 Å². The molecule has 1 N–H and O–H groups in total. The normalized spacial score (nSPS) is 22.2. The molecule has 2 aromatic rings. The van der Waals surface area contributed by atoms with Crippen LogP contribution in [-0.4, -0.2) is 37.0 Å². The van der Waals surface area contributed by atoms with Crippen LogP contribution in [0.1, 0.15) is 50.2 Å². The van der Waals surface area contributed by atoms with Crippen molar-refractivity contribution >= 4 is 5.91 Å². The van der Waals surface area contributed by atoms with Gasteiger partial charge in [0.25, 0.3) is 0 Å². The highest BCUT2D eigenvalue weighted by Gasteiger charge is 2.45. The Balaban J connectivity index is 1.49. The lowest BCUT2D eigenvalue weighted by Crippen LogP contribution is -2.53. The largest absolute Gasteiger partial charge is 0.342 e. The first-order valence-electron chi connectivity index (χ1n) is 10.6. The van der Waals surface area contributed by atoms with Crippen molar-refractivity contribution in [1.82, 2.24) is 10.2 Å². The quantitative estimate of drug-likeness (QED) is 0.864. The monoisotopic (exact) mass is 376 g/mol. The van der Waals surface area contributed by atoms with Gasteiger partial charge in [-0.15, -0.1) is 0 Å². The van der Waals surface area contributed by atoms with Gasteiger partial charge in [-0.1, -0.05) is 60.7 Å². The molecule has 0 radical (unpaired) electrons. The molecule has 2 aromatic carbocycles. The summed E-state index contributed by atoms with van der Waals surface area (Å²) in [6.45, 7) is 8.01. The highest BCUT2D eigenvalue weighted by Crippen LogP contribution is 2.48. The molecule has 0 aromatic heterocycles. The molecule has 2 aliphatic heterocycles. The number of nitrogens with one attached hydrogen (secondary N) is 1. The number of hydrogen-bond donors (Lipinski definition) is 1. The molecule has 1 atom stereocenters. The molecule has 148 valence electrons. The molecule has 2 heterocycles. The van der Waals surface area contributed by atoms with E-state index in [4.69, 9.17) is 0 Å². The molecule has 1 spiro atoms. The van der Waals surface area contributed by atoms with Gasteiger partial charge in [0.15, 0.2) is 0 Å². The van der Waals surface area contributed by atoms with E-state index >= 15 is 0 Å². The number of piperidine rings is 2. The Hall–Kier alpha value is -2.13. The average molecular weight is 377 g/mol. The summed E-state index contributed by atoms with van der Waals surface area (Å²) in [5, 5.41) is 3.60. The Kier molecular flexibility index (Phi) is 5.29. The second-order valence-corrected chi connectivity index (χ2v) is 9.06. The number of nitrogens with zero attached hydrogens (tertiary/aromatic N) is 1. The van der Waals surface area contributed by atoms with Gasteiger partial charge in [-0.25, -0.2) is 0 Å². The highest BCUT2D eigenvalue weighted by atomic mass is 16.2. The van der Waals surface area contributed by atoms with Gasteiger partial charge in [0.2, 0.25) is 5.91 Å². The lowest BCUT2D eigenvalue weighted by atomic mass is 9.62. The van der Waals surface area contributed by atoms with E-state index in [0.717, 1.165) is 44.6 Å².